The minimum absolute atomic E-state index is 0.119. The third-order valence-corrected chi connectivity index (χ3v) is 4.37. The lowest BCUT2D eigenvalue weighted by molar-refractivity contribution is 0.524. The van der Waals surface area contributed by atoms with E-state index in [1.807, 2.05) is 6.20 Å². The minimum Gasteiger partial charge on any atom is -0.325 e. The van der Waals surface area contributed by atoms with E-state index in [-0.39, 0.29) is 5.41 Å². The summed E-state index contributed by atoms with van der Waals surface area (Å²) in [6.45, 7) is 6.74. The SMILES string of the molecule is CC(C)(C)c1ccccc1Nc1nccn1C1CCCC1. The molecule has 1 aliphatic carbocycles. The van der Waals surface area contributed by atoms with Crippen LogP contribution in [-0.2, 0) is 5.41 Å². The van der Waals surface area contributed by atoms with Crippen LogP contribution in [0.3, 0.4) is 0 Å². The Balaban J connectivity index is 1.90. The summed E-state index contributed by atoms with van der Waals surface area (Å²) in [4.78, 5) is 4.53. The Kier molecular flexibility index (Phi) is 3.75. The number of hydrogen-bond donors (Lipinski definition) is 1. The number of hydrogen-bond acceptors (Lipinski definition) is 2. The lowest BCUT2D eigenvalue weighted by Gasteiger charge is -2.24. The quantitative estimate of drug-likeness (QED) is 0.855. The van der Waals surface area contributed by atoms with Crippen molar-refractivity contribution in [2.45, 2.75) is 57.9 Å². The molecule has 1 saturated carbocycles. The Bertz CT molecular complexity index is 601. The number of aromatic nitrogens is 2. The Labute approximate surface area is 127 Å². The summed E-state index contributed by atoms with van der Waals surface area (Å²) in [5.41, 5.74) is 2.61. The van der Waals surface area contributed by atoms with E-state index in [0.717, 1.165) is 11.6 Å². The molecular weight excluding hydrogens is 258 g/mol. The van der Waals surface area contributed by atoms with Crippen molar-refractivity contribution in [1.82, 2.24) is 9.55 Å². The Morgan fingerprint density at radius 3 is 2.57 bits per heavy atom. The van der Waals surface area contributed by atoms with E-state index >= 15 is 0 Å². The predicted octanol–water partition coefficient (Wildman–Crippen LogP) is 5.04. The monoisotopic (exact) mass is 283 g/mol. The van der Waals surface area contributed by atoms with Crippen molar-refractivity contribution in [1.29, 1.82) is 0 Å². The first-order chi connectivity index (χ1) is 10.1. The molecular formula is C18H25N3. The van der Waals surface area contributed by atoms with Crippen molar-refractivity contribution in [2.24, 2.45) is 0 Å². The summed E-state index contributed by atoms with van der Waals surface area (Å²) in [5, 5.41) is 3.56. The molecule has 0 saturated heterocycles. The van der Waals surface area contributed by atoms with Crippen LogP contribution in [0.5, 0.6) is 0 Å². The molecule has 0 spiro atoms. The first-order valence-corrected chi connectivity index (χ1v) is 7.95. The van der Waals surface area contributed by atoms with E-state index in [4.69, 9.17) is 0 Å². The molecule has 0 radical (unpaired) electrons. The third-order valence-electron chi connectivity index (χ3n) is 4.37. The van der Waals surface area contributed by atoms with Gasteiger partial charge in [0.1, 0.15) is 0 Å². The summed E-state index contributed by atoms with van der Waals surface area (Å²) in [6, 6.07) is 9.14. The van der Waals surface area contributed by atoms with Gasteiger partial charge < -0.3 is 9.88 Å². The Morgan fingerprint density at radius 1 is 1.14 bits per heavy atom. The van der Waals surface area contributed by atoms with Crippen LogP contribution in [0.2, 0.25) is 0 Å². The zero-order valence-corrected chi connectivity index (χ0v) is 13.3. The molecule has 2 aromatic rings. The zero-order chi connectivity index (χ0) is 14.9. The first kappa shape index (κ1) is 14.2. The van der Waals surface area contributed by atoms with Gasteiger partial charge in [-0.15, -0.1) is 0 Å². The van der Waals surface area contributed by atoms with E-state index < -0.39 is 0 Å². The summed E-state index contributed by atoms with van der Waals surface area (Å²) in [7, 11) is 0. The topological polar surface area (TPSA) is 29.9 Å². The molecule has 3 nitrogen and oxygen atoms in total. The molecule has 112 valence electrons. The highest BCUT2D eigenvalue weighted by molar-refractivity contribution is 5.60. The number of nitrogens with zero attached hydrogens (tertiary/aromatic N) is 2. The molecule has 3 heteroatoms. The molecule has 3 rings (SSSR count). The van der Waals surface area contributed by atoms with Gasteiger partial charge in [-0.2, -0.15) is 0 Å². The molecule has 1 N–H and O–H groups in total. The van der Waals surface area contributed by atoms with E-state index in [2.05, 4.69) is 66.1 Å². The molecule has 21 heavy (non-hydrogen) atoms. The Morgan fingerprint density at radius 2 is 1.86 bits per heavy atom. The molecule has 0 aliphatic heterocycles. The molecule has 0 unspecified atom stereocenters. The summed E-state index contributed by atoms with van der Waals surface area (Å²) >= 11 is 0. The minimum atomic E-state index is 0.119. The second-order valence-corrected chi connectivity index (χ2v) is 7.02. The molecule has 1 heterocycles. The van der Waals surface area contributed by atoms with Gasteiger partial charge >= 0.3 is 0 Å². The molecule has 1 aliphatic rings. The van der Waals surface area contributed by atoms with Crippen LogP contribution in [0.1, 0.15) is 58.1 Å². The standard InChI is InChI=1S/C18H25N3/c1-18(2,3)15-10-6-7-11-16(15)20-17-19-12-13-21(17)14-8-4-5-9-14/h6-7,10-14H,4-5,8-9H2,1-3H3,(H,19,20). The number of anilines is 2. The number of nitrogens with one attached hydrogen (secondary N) is 1. The molecule has 1 fully saturated rings. The van der Waals surface area contributed by atoms with E-state index in [0.29, 0.717) is 6.04 Å². The highest BCUT2D eigenvalue weighted by atomic mass is 15.2. The van der Waals surface area contributed by atoms with Gasteiger partial charge in [-0.05, 0) is 29.9 Å². The van der Waals surface area contributed by atoms with Crippen molar-refractivity contribution in [3.63, 3.8) is 0 Å². The van der Waals surface area contributed by atoms with Crippen LogP contribution < -0.4 is 5.32 Å². The number of imidazole rings is 1. The van der Waals surface area contributed by atoms with Crippen molar-refractivity contribution < 1.29 is 0 Å². The van der Waals surface area contributed by atoms with E-state index in [9.17, 15) is 0 Å². The molecule has 1 aromatic carbocycles. The lowest BCUT2D eigenvalue weighted by Crippen LogP contribution is -2.15. The fourth-order valence-electron chi connectivity index (χ4n) is 3.25. The van der Waals surface area contributed by atoms with Crippen molar-refractivity contribution >= 4 is 11.6 Å². The Hall–Kier alpha value is -1.77. The molecule has 0 amide bonds. The van der Waals surface area contributed by atoms with Crippen molar-refractivity contribution in [3.05, 3.63) is 42.2 Å². The van der Waals surface area contributed by atoms with Crippen LogP contribution in [0.15, 0.2) is 36.7 Å². The normalized spacial score (nSPS) is 16.3. The van der Waals surface area contributed by atoms with Crippen LogP contribution in [0.25, 0.3) is 0 Å². The van der Waals surface area contributed by atoms with Gasteiger partial charge in [-0.1, -0.05) is 51.8 Å². The predicted molar refractivity (Wildman–Crippen MR) is 88.2 cm³/mol. The average molecular weight is 283 g/mol. The largest absolute Gasteiger partial charge is 0.325 e. The maximum atomic E-state index is 4.53. The maximum Gasteiger partial charge on any atom is 0.207 e. The van der Waals surface area contributed by atoms with Gasteiger partial charge in [-0.25, -0.2) is 4.98 Å². The fourth-order valence-corrected chi connectivity index (χ4v) is 3.25. The summed E-state index contributed by atoms with van der Waals surface area (Å²) in [5.74, 6) is 0.971. The second-order valence-electron chi connectivity index (χ2n) is 7.02. The number of rotatable bonds is 3. The zero-order valence-electron chi connectivity index (χ0n) is 13.3. The highest BCUT2D eigenvalue weighted by Gasteiger charge is 2.21. The fraction of sp³-hybridized carbons (Fsp3) is 0.500. The second kappa shape index (κ2) is 5.55. The highest BCUT2D eigenvalue weighted by Crippen LogP contribution is 2.34. The van der Waals surface area contributed by atoms with Gasteiger partial charge in [0.25, 0.3) is 0 Å². The van der Waals surface area contributed by atoms with Gasteiger partial charge in [0.2, 0.25) is 5.95 Å². The van der Waals surface area contributed by atoms with Crippen LogP contribution in [0.4, 0.5) is 11.6 Å². The summed E-state index contributed by atoms with van der Waals surface area (Å²) in [6.07, 6.45) is 9.22. The van der Waals surface area contributed by atoms with E-state index in [1.54, 1.807) is 0 Å². The van der Waals surface area contributed by atoms with Gasteiger partial charge in [0, 0.05) is 24.1 Å². The molecule has 1 aromatic heterocycles. The third kappa shape index (κ3) is 2.97. The van der Waals surface area contributed by atoms with Crippen LogP contribution >= 0.6 is 0 Å². The van der Waals surface area contributed by atoms with E-state index in [1.165, 1.54) is 31.2 Å². The average Bonchev–Trinajstić information content (AvgIpc) is 3.08. The number of benzene rings is 1. The van der Waals surface area contributed by atoms with Crippen molar-refractivity contribution in [3.8, 4) is 0 Å². The first-order valence-electron chi connectivity index (χ1n) is 7.95. The van der Waals surface area contributed by atoms with Crippen LogP contribution in [-0.4, -0.2) is 9.55 Å². The van der Waals surface area contributed by atoms with Crippen molar-refractivity contribution in [2.75, 3.05) is 5.32 Å². The molecule has 0 bridgehead atoms. The van der Waals surface area contributed by atoms with Gasteiger partial charge in [0.15, 0.2) is 0 Å². The molecule has 0 atom stereocenters. The van der Waals surface area contributed by atoms with Crippen LogP contribution in [0, 0.1) is 0 Å². The number of para-hydroxylation sites is 1. The summed E-state index contributed by atoms with van der Waals surface area (Å²) < 4.78 is 2.31. The maximum absolute atomic E-state index is 4.53. The van der Waals surface area contributed by atoms with Gasteiger partial charge in [-0.3, -0.25) is 0 Å². The van der Waals surface area contributed by atoms with Gasteiger partial charge in [0.05, 0.1) is 0 Å². The lowest BCUT2D eigenvalue weighted by atomic mass is 9.86. The smallest absolute Gasteiger partial charge is 0.207 e.